The second kappa shape index (κ2) is 8.95. The van der Waals surface area contributed by atoms with Crippen LogP contribution < -0.4 is 4.90 Å². The Bertz CT molecular complexity index is 1560. The van der Waals surface area contributed by atoms with Crippen LogP contribution in [0.5, 0.6) is 0 Å². The Morgan fingerprint density at radius 2 is 1.66 bits per heavy atom. The number of hydrogen-bond acceptors (Lipinski definition) is 5. The summed E-state index contributed by atoms with van der Waals surface area (Å²) < 4.78 is 1.14. The first-order chi connectivity index (χ1) is 17.1. The van der Waals surface area contributed by atoms with Crippen LogP contribution in [0.3, 0.4) is 0 Å². The molecule has 1 fully saturated rings. The fourth-order valence-corrected chi connectivity index (χ4v) is 5.83. The summed E-state index contributed by atoms with van der Waals surface area (Å²) in [7, 11) is 0. The van der Waals surface area contributed by atoms with Gasteiger partial charge in [0.25, 0.3) is 5.91 Å². The molecule has 5 nitrogen and oxygen atoms in total. The van der Waals surface area contributed by atoms with E-state index in [0.717, 1.165) is 61.2 Å². The summed E-state index contributed by atoms with van der Waals surface area (Å²) in [6, 6.07) is 23.8. The average Bonchev–Trinajstić information content (AvgIpc) is 3.35. The van der Waals surface area contributed by atoms with Gasteiger partial charge in [0, 0.05) is 42.2 Å². The molecule has 0 unspecified atom stereocenters. The number of pyridine rings is 1. The van der Waals surface area contributed by atoms with Gasteiger partial charge in [-0.25, -0.2) is 9.97 Å². The predicted molar refractivity (Wildman–Crippen MR) is 145 cm³/mol. The summed E-state index contributed by atoms with van der Waals surface area (Å²) in [4.78, 5) is 27.6. The fraction of sp³-hybridized carbons (Fsp3) is 0.179. The molecule has 1 saturated heterocycles. The number of nitrogens with zero attached hydrogens (tertiary/aromatic N) is 4. The molecule has 0 atom stereocenters. The van der Waals surface area contributed by atoms with E-state index in [1.807, 2.05) is 84.6 Å². The first-order valence-corrected chi connectivity index (χ1v) is 12.8. The summed E-state index contributed by atoms with van der Waals surface area (Å²) in [5.41, 5.74) is 5.33. The number of aryl methyl sites for hydroxylation is 1. The number of thiazole rings is 1. The number of benzene rings is 3. The second-order valence-electron chi connectivity index (χ2n) is 8.73. The minimum Gasteiger partial charge on any atom is -0.345 e. The van der Waals surface area contributed by atoms with Crippen LogP contribution in [0.2, 0.25) is 5.02 Å². The number of anilines is 1. The molecule has 5 aromatic rings. The largest absolute Gasteiger partial charge is 0.345 e. The van der Waals surface area contributed by atoms with Crippen molar-refractivity contribution >= 4 is 55.1 Å². The van der Waals surface area contributed by atoms with Crippen LogP contribution in [0.1, 0.15) is 15.9 Å². The number of para-hydroxylation sites is 1. The van der Waals surface area contributed by atoms with Gasteiger partial charge in [-0.3, -0.25) is 4.79 Å². The van der Waals surface area contributed by atoms with Crippen LogP contribution in [0.4, 0.5) is 5.13 Å². The number of piperazine rings is 1. The van der Waals surface area contributed by atoms with Gasteiger partial charge in [-0.2, -0.15) is 0 Å². The van der Waals surface area contributed by atoms with Gasteiger partial charge in [-0.15, -0.1) is 0 Å². The molecule has 1 aliphatic heterocycles. The lowest BCUT2D eigenvalue weighted by molar-refractivity contribution is 0.0748. The average molecular weight is 499 g/mol. The van der Waals surface area contributed by atoms with Crippen molar-refractivity contribution < 1.29 is 4.79 Å². The molecular weight excluding hydrogens is 476 g/mol. The van der Waals surface area contributed by atoms with Crippen molar-refractivity contribution in [3.05, 3.63) is 88.9 Å². The molecule has 1 amide bonds. The van der Waals surface area contributed by atoms with E-state index in [4.69, 9.17) is 21.6 Å². The molecule has 0 radical (unpaired) electrons. The fourth-order valence-electron chi connectivity index (χ4n) is 4.60. The first-order valence-electron chi connectivity index (χ1n) is 11.6. The third kappa shape index (κ3) is 4.03. The van der Waals surface area contributed by atoms with Gasteiger partial charge in [0.15, 0.2) is 5.13 Å². The van der Waals surface area contributed by atoms with Gasteiger partial charge in [0.2, 0.25) is 0 Å². The SMILES string of the molecule is Cc1c(Cl)ccc2sc(N3CCN(C(=O)c4cc(-c5ccccc5)nc5ccccc45)CC3)nc12. The van der Waals surface area contributed by atoms with E-state index in [2.05, 4.69) is 4.90 Å². The maximum atomic E-state index is 13.7. The quantitative estimate of drug-likeness (QED) is 0.287. The highest BCUT2D eigenvalue weighted by Gasteiger charge is 2.26. The van der Waals surface area contributed by atoms with Crippen molar-refractivity contribution in [2.45, 2.75) is 6.92 Å². The normalized spacial score (nSPS) is 14.1. The maximum Gasteiger partial charge on any atom is 0.254 e. The number of hydrogen-bond donors (Lipinski definition) is 0. The Balaban J connectivity index is 1.27. The Kier molecular flexibility index (Phi) is 5.63. The molecule has 35 heavy (non-hydrogen) atoms. The zero-order chi connectivity index (χ0) is 23.9. The molecule has 0 bridgehead atoms. The summed E-state index contributed by atoms with van der Waals surface area (Å²) in [6.07, 6.45) is 0. The smallest absolute Gasteiger partial charge is 0.254 e. The van der Waals surface area contributed by atoms with Gasteiger partial charge in [-0.1, -0.05) is 71.5 Å². The summed E-state index contributed by atoms with van der Waals surface area (Å²) in [6.45, 7) is 4.78. The van der Waals surface area contributed by atoms with Crippen molar-refractivity contribution in [2.75, 3.05) is 31.1 Å². The highest BCUT2D eigenvalue weighted by Crippen LogP contribution is 2.34. The van der Waals surface area contributed by atoms with Crippen LogP contribution >= 0.6 is 22.9 Å². The van der Waals surface area contributed by atoms with Crippen molar-refractivity contribution in [3.63, 3.8) is 0 Å². The topological polar surface area (TPSA) is 49.3 Å². The number of rotatable bonds is 3. The van der Waals surface area contributed by atoms with Crippen LogP contribution in [0.15, 0.2) is 72.8 Å². The highest BCUT2D eigenvalue weighted by atomic mass is 35.5. The number of carbonyl (C=O) groups is 1. The van der Waals surface area contributed by atoms with Gasteiger partial charge < -0.3 is 9.80 Å². The lowest BCUT2D eigenvalue weighted by Gasteiger charge is -2.34. The Labute approximate surface area is 212 Å². The van der Waals surface area contributed by atoms with Crippen molar-refractivity contribution in [1.29, 1.82) is 0 Å². The second-order valence-corrected chi connectivity index (χ2v) is 10.1. The molecule has 7 heteroatoms. The highest BCUT2D eigenvalue weighted by molar-refractivity contribution is 7.22. The molecule has 3 aromatic carbocycles. The molecule has 174 valence electrons. The molecule has 0 spiro atoms. The van der Waals surface area contributed by atoms with Crippen molar-refractivity contribution in [1.82, 2.24) is 14.9 Å². The number of halogens is 1. The summed E-state index contributed by atoms with van der Waals surface area (Å²) >= 11 is 7.97. The van der Waals surface area contributed by atoms with E-state index in [-0.39, 0.29) is 5.91 Å². The standard InChI is InChI=1S/C28H23ClN4OS/c1-18-22(29)11-12-25-26(18)31-28(35-25)33-15-13-32(14-16-33)27(34)21-17-24(19-7-3-2-4-8-19)30-23-10-6-5-9-20(21)23/h2-12,17H,13-16H2,1H3. The zero-order valence-corrected chi connectivity index (χ0v) is 20.8. The van der Waals surface area contributed by atoms with Gasteiger partial charge in [0.1, 0.15) is 0 Å². The van der Waals surface area contributed by atoms with E-state index in [9.17, 15) is 4.79 Å². The van der Waals surface area contributed by atoms with Crippen molar-refractivity contribution in [2.24, 2.45) is 0 Å². The van der Waals surface area contributed by atoms with Gasteiger partial charge >= 0.3 is 0 Å². The lowest BCUT2D eigenvalue weighted by Crippen LogP contribution is -2.48. The molecule has 6 rings (SSSR count). The van der Waals surface area contributed by atoms with Crippen LogP contribution in [0, 0.1) is 6.92 Å². The molecule has 2 aromatic heterocycles. The minimum absolute atomic E-state index is 0.0485. The Morgan fingerprint density at radius 3 is 2.46 bits per heavy atom. The molecule has 0 aliphatic carbocycles. The zero-order valence-electron chi connectivity index (χ0n) is 19.2. The van der Waals surface area contributed by atoms with E-state index >= 15 is 0 Å². The van der Waals surface area contributed by atoms with E-state index < -0.39 is 0 Å². The van der Waals surface area contributed by atoms with Crippen LogP contribution in [0.25, 0.3) is 32.4 Å². The van der Waals surface area contributed by atoms with E-state index in [0.29, 0.717) is 18.7 Å². The molecule has 3 heterocycles. The third-order valence-corrected chi connectivity index (χ3v) is 8.08. The van der Waals surface area contributed by atoms with E-state index in [1.165, 1.54) is 0 Å². The van der Waals surface area contributed by atoms with Crippen molar-refractivity contribution in [3.8, 4) is 11.3 Å². The number of aromatic nitrogens is 2. The van der Waals surface area contributed by atoms with Crippen LogP contribution in [-0.2, 0) is 0 Å². The number of carbonyl (C=O) groups excluding carboxylic acids is 1. The monoisotopic (exact) mass is 498 g/mol. The summed E-state index contributed by atoms with van der Waals surface area (Å²) in [5.74, 6) is 0.0485. The molecular formula is C28H23ClN4OS. The Morgan fingerprint density at radius 1 is 0.914 bits per heavy atom. The van der Waals surface area contributed by atoms with Gasteiger partial charge in [0.05, 0.1) is 27.0 Å². The Hall–Kier alpha value is -3.48. The number of amides is 1. The van der Waals surface area contributed by atoms with E-state index in [1.54, 1.807) is 11.3 Å². The minimum atomic E-state index is 0.0485. The number of fused-ring (bicyclic) bond motifs is 2. The van der Waals surface area contributed by atoms with Crippen LogP contribution in [-0.4, -0.2) is 47.0 Å². The third-order valence-electron chi connectivity index (χ3n) is 6.59. The first kappa shape index (κ1) is 22.0. The predicted octanol–water partition coefficient (Wildman–Crippen LogP) is 6.44. The summed E-state index contributed by atoms with van der Waals surface area (Å²) in [5, 5.41) is 2.61. The molecule has 0 saturated carbocycles. The molecule has 1 aliphatic rings. The lowest BCUT2D eigenvalue weighted by atomic mass is 10.0. The maximum absolute atomic E-state index is 13.7. The van der Waals surface area contributed by atoms with Gasteiger partial charge in [-0.05, 0) is 36.8 Å². The molecule has 0 N–H and O–H groups in total.